The van der Waals surface area contributed by atoms with Crippen molar-refractivity contribution in [2.24, 2.45) is 5.73 Å². The monoisotopic (exact) mass is 298 g/mol. The Kier molecular flexibility index (Phi) is 4.52. The first kappa shape index (κ1) is 15.6. The molecule has 0 aliphatic carbocycles. The molecule has 0 fully saturated rings. The summed E-state index contributed by atoms with van der Waals surface area (Å²) in [6.45, 7) is 5.59. The van der Waals surface area contributed by atoms with Gasteiger partial charge >= 0.3 is 5.97 Å². The molecule has 1 aliphatic heterocycles. The summed E-state index contributed by atoms with van der Waals surface area (Å²) in [5.41, 5.74) is 8.25. The molecule has 5 nitrogen and oxygen atoms in total. The number of esters is 1. The molecule has 1 atom stereocenters. The molecule has 2 rings (SSSR count). The number of nitriles is 1. The van der Waals surface area contributed by atoms with Crippen molar-refractivity contribution >= 4 is 5.97 Å². The molecule has 0 unspecified atom stereocenters. The molecule has 1 aromatic carbocycles. The van der Waals surface area contributed by atoms with Crippen LogP contribution in [0.25, 0.3) is 0 Å². The van der Waals surface area contributed by atoms with E-state index in [2.05, 4.69) is 6.07 Å². The van der Waals surface area contributed by atoms with Crippen LogP contribution in [-0.2, 0) is 14.3 Å². The number of nitrogens with zero attached hydrogens (tertiary/aromatic N) is 1. The van der Waals surface area contributed by atoms with Gasteiger partial charge in [-0.15, -0.1) is 0 Å². The first-order valence-electron chi connectivity index (χ1n) is 7.01. The Morgan fingerprint density at radius 3 is 2.55 bits per heavy atom. The van der Waals surface area contributed by atoms with Crippen molar-refractivity contribution in [3.05, 3.63) is 58.2 Å². The SMILES string of the molecule is CCOC(=O)C1=C(C)OC(N)=C(C#N)[C@H]1c1ccc(C)cc1. The van der Waals surface area contributed by atoms with Crippen LogP contribution in [0.4, 0.5) is 0 Å². The Bertz CT molecular complexity index is 694. The summed E-state index contributed by atoms with van der Waals surface area (Å²) in [7, 11) is 0. The highest BCUT2D eigenvalue weighted by Crippen LogP contribution is 2.39. The third-order valence-corrected chi connectivity index (χ3v) is 3.51. The fraction of sp³-hybridized carbons (Fsp3) is 0.294. The average molecular weight is 298 g/mol. The van der Waals surface area contributed by atoms with Crippen LogP contribution >= 0.6 is 0 Å². The highest BCUT2D eigenvalue weighted by molar-refractivity contribution is 5.92. The lowest BCUT2D eigenvalue weighted by molar-refractivity contribution is -0.139. The highest BCUT2D eigenvalue weighted by Gasteiger charge is 2.36. The second kappa shape index (κ2) is 6.35. The number of hydrogen-bond donors (Lipinski definition) is 1. The Morgan fingerprint density at radius 1 is 1.36 bits per heavy atom. The zero-order chi connectivity index (χ0) is 16.3. The van der Waals surface area contributed by atoms with Gasteiger partial charge in [-0.3, -0.25) is 0 Å². The minimum Gasteiger partial charge on any atom is -0.463 e. The van der Waals surface area contributed by atoms with Crippen LogP contribution in [0.1, 0.15) is 30.9 Å². The molecule has 0 aromatic heterocycles. The molecular weight excluding hydrogens is 280 g/mol. The van der Waals surface area contributed by atoms with Gasteiger partial charge in [-0.05, 0) is 26.3 Å². The number of rotatable bonds is 3. The number of ether oxygens (including phenoxy) is 2. The largest absolute Gasteiger partial charge is 0.463 e. The van der Waals surface area contributed by atoms with E-state index in [0.717, 1.165) is 11.1 Å². The van der Waals surface area contributed by atoms with Crippen molar-refractivity contribution in [2.75, 3.05) is 6.61 Å². The van der Waals surface area contributed by atoms with Crippen molar-refractivity contribution in [1.29, 1.82) is 5.26 Å². The van der Waals surface area contributed by atoms with Gasteiger partial charge in [0.05, 0.1) is 18.1 Å². The summed E-state index contributed by atoms with van der Waals surface area (Å²) in [6.07, 6.45) is 0. The summed E-state index contributed by atoms with van der Waals surface area (Å²) in [6, 6.07) is 9.66. The van der Waals surface area contributed by atoms with Gasteiger partial charge in [0.25, 0.3) is 0 Å². The summed E-state index contributed by atoms with van der Waals surface area (Å²) < 4.78 is 10.5. The van der Waals surface area contributed by atoms with Crippen LogP contribution in [-0.4, -0.2) is 12.6 Å². The maximum atomic E-state index is 12.3. The molecule has 2 N–H and O–H groups in total. The van der Waals surface area contributed by atoms with Crippen LogP contribution in [0.15, 0.2) is 47.1 Å². The molecule has 0 amide bonds. The first-order chi connectivity index (χ1) is 10.5. The van der Waals surface area contributed by atoms with Crippen LogP contribution in [0.2, 0.25) is 0 Å². The van der Waals surface area contributed by atoms with Crippen molar-refractivity contribution in [2.45, 2.75) is 26.7 Å². The number of nitrogens with two attached hydrogens (primary N) is 1. The van der Waals surface area contributed by atoms with Crippen LogP contribution in [0, 0.1) is 18.3 Å². The molecule has 0 saturated heterocycles. The fourth-order valence-electron chi connectivity index (χ4n) is 2.45. The molecule has 0 saturated carbocycles. The van der Waals surface area contributed by atoms with Gasteiger partial charge < -0.3 is 15.2 Å². The van der Waals surface area contributed by atoms with Crippen molar-refractivity contribution in [3.8, 4) is 6.07 Å². The standard InChI is InChI=1S/C17H18N2O3/c1-4-21-17(20)14-11(3)22-16(19)13(9-18)15(14)12-7-5-10(2)6-8-12/h5-8,15H,4,19H2,1-3H3/t15-/m1/s1. The van der Waals surface area contributed by atoms with Gasteiger partial charge in [-0.2, -0.15) is 5.26 Å². The minimum absolute atomic E-state index is 0.0265. The van der Waals surface area contributed by atoms with E-state index in [0.29, 0.717) is 11.3 Å². The smallest absolute Gasteiger partial charge is 0.338 e. The second-order valence-corrected chi connectivity index (χ2v) is 5.03. The molecule has 114 valence electrons. The number of aryl methyl sites for hydroxylation is 1. The first-order valence-corrected chi connectivity index (χ1v) is 7.01. The molecule has 0 bridgehead atoms. The summed E-state index contributed by atoms with van der Waals surface area (Å²) >= 11 is 0. The molecule has 5 heteroatoms. The minimum atomic E-state index is -0.571. The Morgan fingerprint density at radius 2 is 2.00 bits per heavy atom. The number of allylic oxidation sites excluding steroid dienone is 2. The van der Waals surface area contributed by atoms with Gasteiger partial charge in [0.1, 0.15) is 17.4 Å². The van der Waals surface area contributed by atoms with E-state index in [1.54, 1.807) is 13.8 Å². The summed E-state index contributed by atoms with van der Waals surface area (Å²) in [5, 5.41) is 9.42. The second-order valence-electron chi connectivity index (χ2n) is 5.03. The lowest BCUT2D eigenvalue weighted by Crippen LogP contribution is -2.25. The van der Waals surface area contributed by atoms with E-state index in [9.17, 15) is 10.1 Å². The van der Waals surface area contributed by atoms with E-state index >= 15 is 0 Å². The van der Waals surface area contributed by atoms with Crippen molar-refractivity contribution in [1.82, 2.24) is 0 Å². The number of hydrogen-bond acceptors (Lipinski definition) is 5. The van der Waals surface area contributed by atoms with Crippen molar-refractivity contribution in [3.63, 3.8) is 0 Å². The highest BCUT2D eigenvalue weighted by atomic mass is 16.5. The average Bonchev–Trinajstić information content (AvgIpc) is 2.47. The van der Waals surface area contributed by atoms with Crippen LogP contribution < -0.4 is 5.73 Å². The van der Waals surface area contributed by atoms with Gasteiger partial charge in [0.2, 0.25) is 5.88 Å². The quantitative estimate of drug-likeness (QED) is 0.867. The summed E-state index contributed by atoms with van der Waals surface area (Å²) in [5.74, 6) is -0.677. The van der Waals surface area contributed by atoms with E-state index in [1.807, 2.05) is 31.2 Å². The molecule has 1 heterocycles. The van der Waals surface area contributed by atoms with Crippen LogP contribution in [0.3, 0.4) is 0 Å². The van der Waals surface area contributed by atoms with Crippen LogP contribution in [0.5, 0.6) is 0 Å². The van der Waals surface area contributed by atoms with Crippen molar-refractivity contribution < 1.29 is 14.3 Å². The third-order valence-electron chi connectivity index (χ3n) is 3.51. The zero-order valence-corrected chi connectivity index (χ0v) is 12.8. The lowest BCUT2D eigenvalue weighted by atomic mass is 9.83. The van der Waals surface area contributed by atoms with Gasteiger partial charge in [-0.25, -0.2) is 4.79 Å². The van der Waals surface area contributed by atoms with E-state index in [1.165, 1.54) is 0 Å². The predicted octanol–water partition coefficient (Wildman–Crippen LogP) is 2.64. The topological polar surface area (TPSA) is 85.3 Å². The Labute approximate surface area is 129 Å². The third kappa shape index (κ3) is 2.82. The fourth-order valence-corrected chi connectivity index (χ4v) is 2.45. The van der Waals surface area contributed by atoms with E-state index in [4.69, 9.17) is 15.2 Å². The number of carbonyl (C=O) groups is 1. The zero-order valence-electron chi connectivity index (χ0n) is 12.8. The lowest BCUT2D eigenvalue weighted by Gasteiger charge is -2.26. The van der Waals surface area contributed by atoms with Gasteiger partial charge in [0.15, 0.2) is 0 Å². The maximum absolute atomic E-state index is 12.3. The summed E-state index contributed by atoms with van der Waals surface area (Å²) in [4.78, 5) is 12.3. The Hall–Kier alpha value is -2.74. The number of benzene rings is 1. The maximum Gasteiger partial charge on any atom is 0.338 e. The van der Waals surface area contributed by atoms with Gasteiger partial charge in [-0.1, -0.05) is 29.8 Å². The molecule has 22 heavy (non-hydrogen) atoms. The predicted molar refractivity (Wildman–Crippen MR) is 81.2 cm³/mol. The number of carbonyl (C=O) groups excluding carboxylic acids is 1. The van der Waals surface area contributed by atoms with E-state index < -0.39 is 11.9 Å². The normalized spacial score (nSPS) is 17.8. The molecular formula is C17H18N2O3. The molecule has 1 aliphatic rings. The molecule has 0 radical (unpaired) electrons. The molecule has 1 aromatic rings. The van der Waals surface area contributed by atoms with Gasteiger partial charge in [0, 0.05) is 0 Å². The molecule has 0 spiro atoms. The Balaban J connectivity index is 2.59. The van der Waals surface area contributed by atoms with E-state index in [-0.39, 0.29) is 18.1 Å².